The maximum atomic E-state index is 10.6. The molecule has 0 aromatic rings. The highest BCUT2D eigenvalue weighted by molar-refractivity contribution is 5.71. The van der Waals surface area contributed by atoms with Gasteiger partial charge in [-0.1, -0.05) is 0 Å². The van der Waals surface area contributed by atoms with Crippen molar-refractivity contribution >= 4 is 5.97 Å². The Bertz CT molecular complexity index is 223. The maximum Gasteiger partial charge on any atom is 0.309 e. The van der Waals surface area contributed by atoms with Crippen LogP contribution >= 0.6 is 0 Å². The molecule has 0 radical (unpaired) electrons. The molecule has 2 heterocycles. The van der Waals surface area contributed by atoms with E-state index in [0.717, 1.165) is 52.5 Å². The minimum absolute atomic E-state index is 0.130. The van der Waals surface area contributed by atoms with Gasteiger partial charge in [-0.3, -0.25) is 9.69 Å². The lowest BCUT2D eigenvalue weighted by molar-refractivity contribution is -0.147. The molecule has 86 valence electrons. The normalized spacial score (nSPS) is 25.1. The third-order valence-electron chi connectivity index (χ3n) is 3.14. The van der Waals surface area contributed by atoms with Crippen LogP contribution < -0.4 is 0 Å². The van der Waals surface area contributed by atoms with Crippen molar-refractivity contribution in [3.63, 3.8) is 0 Å². The number of carbonyl (C=O) groups is 1. The maximum absolute atomic E-state index is 10.6. The largest absolute Gasteiger partial charge is 0.481 e. The van der Waals surface area contributed by atoms with Gasteiger partial charge in [-0.2, -0.15) is 0 Å². The number of hydrogen-bond donors (Lipinski definition) is 1. The van der Waals surface area contributed by atoms with Crippen LogP contribution in [0.25, 0.3) is 0 Å². The number of ether oxygens (including phenoxy) is 1. The molecular formula is C10H18N2O3. The summed E-state index contributed by atoms with van der Waals surface area (Å²) < 4.78 is 5.26. The molecule has 5 nitrogen and oxygen atoms in total. The van der Waals surface area contributed by atoms with Crippen molar-refractivity contribution in [2.75, 3.05) is 52.5 Å². The Balaban J connectivity index is 1.57. The molecule has 15 heavy (non-hydrogen) atoms. The van der Waals surface area contributed by atoms with E-state index in [0.29, 0.717) is 0 Å². The summed E-state index contributed by atoms with van der Waals surface area (Å²) in [5, 5.41) is 8.71. The molecule has 0 bridgehead atoms. The van der Waals surface area contributed by atoms with Crippen LogP contribution in [-0.2, 0) is 9.53 Å². The fourth-order valence-electron chi connectivity index (χ4n) is 2.02. The summed E-state index contributed by atoms with van der Waals surface area (Å²) in [7, 11) is 0. The van der Waals surface area contributed by atoms with Gasteiger partial charge in [0.15, 0.2) is 0 Å². The van der Waals surface area contributed by atoms with Gasteiger partial charge < -0.3 is 14.7 Å². The fraction of sp³-hybridized carbons (Fsp3) is 0.900. The van der Waals surface area contributed by atoms with Crippen molar-refractivity contribution < 1.29 is 14.6 Å². The molecule has 0 unspecified atom stereocenters. The van der Waals surface area contributed by atoms with E-state index in [-0.39, 0.29) is 5.92 Å². The van der Waals surface area contributed by atoms with Gasteiger partial charge in [0.25, 0.3) is 0 Å². The van der Waals surface area contributed by atoms with Crippen molar-refractivity contribution in [3.05, 3.63) is 0 Å². The fourth-order valence-corrected chi connectivity index (χ4v) is 2.02. The molecule has 1 N–H and O–H groups in total. The van der Waals surface area contributed by atoms with E-state index in [1.807, 2.05) is 0 Å². The quantitative estimate of drug-likeness (QED) is 0.673. The van der Waals surface area contributed by atoms with Crippen LogP contribution in [0.1, 0.15) is 0 Å². The Morgan fingerprint density at radius 2 is 1.80 bits per heavy atom. The second-order valence-corrected chi connectivity index (χ2v) is 4.25. The Morgan fingerprint density at radius 3 is 2.40 bits per heavy atom. The molecule has 2 aliphatic heterocycles. The van der Waals surface area contributed by atoms with Gasteiger partial charge in [-0.15, -0.1) is 0 Å². The number of nitrogens with zero attached hydrogens (tertiary/aromatic N) is 2. The number of rotatable bonds is 4. The number of aliphatic carboxylic acids is 1. The molecule has 0 aromatic heterocycles. The molecule has 2 rings (SSSR count). The molecule has 0 aromatic carbocycles. The van der Waals surface area contributed by atoms with Gasteiger partial charge in [0.1, 0.15) is 0 Å². The average molecular weight is 214 g/mol. The minimum Gasteiger partial charge on any atom is -0.481 e. The van der Waals surface area contributed by atoms with Crippen LogP contribution in [0.15, 0.2) is 0 Å². The Hall–Kier alpha value is -0.650. The summed E-state index contributed by atoms with van der Waals surface area (Å²) in [5.41, 5.74) is 0. The van der Waals surface area contributed by atoms with Crippen molar-refractivity contribution in [1.82, 2.24) is 9.80 Å². The standard InChI is InChI=1S/C10H18N2O3/c13-10(14)9-7-12(8-9)2-1-11-3-5-15-6-4-11/h9H,1-8H2,(H,13,14). The number of hydrogen-bond acceptors (Lipinski definition) is 4. The molecule has 0 amide bonds. The predicted molar refractivity (Wildman–Crippen MR) is 54.8 cm³/mol. The summed E-state index contributed by atoms with van der Waals surface area (Å²) in [6, 6.07) is 0. The first-order valence-electron chi connectivity index (χ1n) is 5.51. The lowest BCUT2D eigenvalue weighted by Crippen LogP contribution is -2.53. The Morgan fingerprint density at radius 1 is 1.20 bits per heavy atom. The highest BCUT2D eigenvalue weighted by Crippen LogP contribution is 2.14. The summed E-state index contributed by atoms with van der Waals surface area (Å²) >= 11 is 0. The smallest absolute Gasteiger partial charge is 0.309 e. The van der Waals surface area contributed by atoms with E-state index >= 15 is 0 Å². The summed E-state index contributed by atoms with van der Waals surface area (Å²) in [6.07, 6.45) is 0. The number of likely N-dealkylation sites (tertiary alicyclic amines) is 1. The predicted octanol–water partition coefficient (Wildman–Crippen LogP) is -0.665. The number of carboxylic acids is 1. The first-order valence-corrected chi connectivity index (χ1v) is 5.51. The van der Waals surface area contributed by atoms with Gasteiger partial charge in [-0.05, 0) is 0 Å². The highest BCUT2D eigenvalue weighted by atomic mass is 16.5. The molecule has 0 spiro atoms. The first kappa shape index (κ1) is 10.9. The zero-order valence-electron chi connectivity index (χ0n) is 8.89. The summed E-state index contributed by atoms with van der Waals surface area (Å²) in [5.74, 6) is -0.785. The number of carboxylic acid groups (broad SMARTS) is 1. The van der Waals surface area contributed by atoms with E-state index in [9.17, 15) is 4.79 Å². The molecule has 2 saturated heterocycles. The topological polar surface area (TPSA) is 53.0 Å². The second-order valence-electron chi connectivity index (χ2n) is 4.25. The zero-order chi connectivity index (χ0) is 10.7. The SMILES string of the molecule is O=C(O)C1CN(CCN2CCOCC2)C1. The van der Waals surface area contributed by atoms with Gasteiger partial charge in [-0.25, -0.2) is 0 Å². The minimum atomic E-state index is -0.655. The van der Waals surface area contributed by atoms with E-state index in [4.69, 9.17) is 9.84 Å². The monoisotopic (exact) mass is 214 g/mol. The summed E-state index contributed by atoms with van der Waals surface area (Å²) in [6.45, 7) is 7.15. The van der Waals surface area contributed by atoms with Crippen molar-refractivity contribution in [1.29, 1.82) is 0 Å². The van der Waals surface area contributed by atoms with Gasteiger partial charge >= 0.3 is 5.97 Å². The van der Waals surface area contributed by atoms with Crippen molar-refractivity contribution in [2.24, 2.45) is 5.92 Å². The third-order valence-corrected chi connectivity index (χ3v) is 3.14. The number of morpholine rings is 1. The Kier molecular flexibility index (Phi) is 3.56. The zero-order valence-corrected chi connectivity index (χ0v) is 8.89. The lowest BCUT2D eigenvalue weighted by atomic mass is 10.0. The van der Waals surface area contributed by atoms with Gasteiger partial charge in [0.05, 0.1) is 19.1 Å². The van der Waals surface area contributed by atoms with E-state index in [2.05, 4.69) is 9.80 Å². The van der Waals surface area contributed by atoms with E-state index in [1.165, 1.54) is 0 Å². The van der Waals surface area contributed by atoms with Crippen molar-refractivity contribution in [2.45, 2.75) is 0 Å². The molecular weight excluding hydrogens is 196 g/mol. The molecule has 2 aliphatic rings. The van der Waals surface area contributed by atoms with Crippen LogP contribution in [0.3, 0.4) is 0 Å². The van der Waals surface area contributed by atoms with Crippen LogP contribution in [-0.4, -0.2) is 73.4 Å². The molecule has 0 aliphatic carbocycles. The first-order chi connectivity index (χ1) is 7.25. The second kappa shape index (κ2) is 4.92. The van der Waals surface area contributed by atoms with Crippen LogP contribution in [0.2, 0.25) is 0 Å². The highest BCUT2D eigenvalue weighted by Gasteiger charge is 2.32. The van der Waals surface area contributed by atoms with Crippen LogP contribution in [0.4, 0.5) is 0 Å². The lowest BCUT2D eigenvalue weighted by Gasteiger charge is -2.38. The van der Waals surface area contributed by atoms with Gasteiger partial charge in [0, 0.05) is 39.3 Å². The molecule has 5 heteroatoms. The third kappa shape index (κ3) is 2.90. The van der Waals surface area contributed by atoms with E-state index in [1.54, 1.807) is 0 Å². The van der Waals surface area contributed by atoms with Crippen molar-refractivity contribution in [3.8, 4) is 0 Å². The van der Waals surface area contributed by atoms with E-state index < -0.39 is 5.97 Å². The molecule has 0 atom stereocenters. The van der Waals surface area contributed by atoms with Crippen LogP contribution in [0, 0.1) is 5.92 Å². The Labute approximate surface area is 89.6 Å². The van der Waals surface area contributed by atoms with Crippen LogP contribution in [0.5, 0.6) is 0 Å². The molecule has 2 fully saturated rings. The summed E-state index contributed by atoms with van der Waals surface area (Å²) in [4.78, 5) is 15.2. The molecule has 0 saturated carbocycles. The van der Waals surface area contributed by atoms with Gasteiger partial charge in [0.2, 0.25) is 0 Å². The average Bonchev–Trinajstić information content (AvgIpc) is 2.16.